The zero-order valence-electron chi connectivity index (χ0n) is 12.3. The molecule has 1 aromatic rings. The third-order valence-electron chi connectivity index (χ3n) is 3.72. The van der Waals surface area contributed by atoms with Crippen LogP contribution in [0.5, 0.6) is 0 Å². The minimum Gasteiger partial charge on any atom is -0.396 e. The first-order chi connectivity index (χ1) is 9.82. The normalized spacial score (nSPS) is 19.9. The summed E-state index contributed by atoms with van der Waals surface area (Å²) in [5, 5.41) is 0. The Morgan fingerprint density at radius 3 is 2.76 bits per heavy atom. The molecule has 0 aliphatic carbocycles. The monoisotopic (exact) mass is 316 g/mol. The summed E-state index contributed by atoms with van der Waals surface area (Å²) in [5.41, 5.74) is 5.67. The van der Waals surface area contributed by atoms with Crippen molar-refractivity contribution in [2.45, 2.75) is 37.2 Å². The molecule has 0 aromatic heterocycles. The summed E-state index contributed by atoms with van der Waals surface area (Å²) in [6, 6.07) is 2.32. The van der Waals surface area contributed by atoms with Crippen LogP contribution < -0.4 is 5.73 Å². The molecule has 1 fully saturated rings. The molecule has 1 aliphatic heterocycles. The Morgan fingerprint density at radius 1 is 1.43 bits per heavy atom. The molecule has 5 nitrogen and oxygen atoms in total. The summed E-state index contributed by atoms with van der Waals surface area (Å²) in [6.45, 7) is 2.51. The first-order valence-electron chi connectivity index (χ1n) is 6.96. The number of hydrogen-bond donors (Lipinski definition) is 1. The molecule has 1 heterocycles. The van der Waals surface area contributed by atoms with Gasteiger partial charge in [0.2, 0.25) is 10.0 Å². The fourth-order valence-corrected chi connectivity index (χ4v) is 3.89. The van der Waals surface area contributed by atoms with Crippen LogP contribution >= 0.6 is 0 Å². The molecule has 7 heteroatoms. The average molecular weight is 316 g/mol. The van der Waals surface area contributed by atoms with E-state index < -0.39 is 15.8 Å². The predicted octanol–water partition coefficient (Wildman–Crippen LogP) is 1.91. The lowest BCUT2D eigenvalue weighted by Gasteiger charge is -2.27. The Morgan fingerprint density at radius 2 is 2.14 bits per heavy atom. The highest BCUT2D eigenvalue weighted by atomic mass is 32.2. The number of ether oxygens (including phenoxy) is 1. The third kappa shape index (κ3) is 3.53. The molecule has 1 aliphatic rings. The van der Waals surface area contributed by atoms with Gasteiger partial charge in [-0.25, -0.2) is 12.8 Å². The molecule has 2 N–H and O–H groups in total. The minimum absolute atomic E-state index is 0.0414. The highest BCUT2D eigenvalue weighted by molar-refractivity contribution is 7.89. The molecule has 1 aromatic carbocycles. The zero-order chi connectivity index (χ0) is 15.6. The van der Waals surface area contributed by atoms with Gasteiger partial charge in [0.05, 0.1) is 16.7 Å². The van der Waals surface area contributed by atoms with Crippen LogP contribution in [0.2, 0.25) is 0 Å². The number of rotatable bonds is 4. The summed E-state index contributed by atoms with van der Waals surface area (Å²) < 4.78 is 45.3. The van der Waals surface area contributed by atoms with Crippen molar-refractivity contribution >= 4 is 15.7 Å². The highest BCUT2D eigenvalue weighted by Gasteiger charge is 2.27. The number of hydrogen-bond acceptors (Lipinski definition) is 4. The van der Waals surface area contributed by atoms with E-state index in [1.807, 2.05) is 0 Å². The number of anilines is 1. The summed E-state index contributed by atoms with van der Waals surface area (Å²) >= 11 is 0. The summed E-state index contributed by atoms with van der Waals surface area (Å²) in [6.07, 6.45) is 2.82. The van der Waals surface area contributed by atoms with E-state index in [4.69, 9.17) is 10.5 Å². The van der Waals surface area contributed by atoms with E-state index in [0.29, 0.717) is 18.7 Å². The van der Waals surface area contributed by atoms with Gasteiger partial charge in [0, 0.05) is 20.2 Å². The van der Waals surface area contributed by atoms with E-state index in [1.54, 1.807) is 6.92 Å². The Balaban J connectivity index is 2.22. The highest BCUT2D eigenvalue weighted by Crippen LogP contribution is 2.25. The summed E-state index contributed by atoms with van der Waals surface area (Å²) in [5.74, 6) is -0.607. The second kappa shape index (κ2) is 6.29. The molecule has 0 spiro atoms. The first-order valence-corrected chi connectivity index (χ1v) is 8.40. The molecule has 1 unspecified atom stereocenters. The number of sulfonamides is 1. The van der Waals surface area contributed by atoms with E-state index in [9.17, 15) is 12.8 Å². The minimum atomic E-state index is -3.70. The fourth-order valence-electron chi connectivity index (χ4n) is 2.45. The lowest BCUT2D eigenvalue weighted by atomic mass is 10.1. The summed E-state index contributed by atoms with van der Waals surface area (Å²) in [4.78, 5) is 0.0414. The number of aryl methyl sites for hydroxylation is 1. The number of nitrogens with two attached hydrogens (primary N) is 1. The maximum atomic E-state index is 13.4. The van der Waals surface area contributed by atoms with Crippen LogP contribution in [0.4, 0.5) is 10.1 Å². The molecule has 1 saturated heterocycles. The smallest absolute Gasteiger partial charge is 0.243 e. The van der Waals surface area contributed by atoms with Crippen LogP contribution in [0.1, 0.15) is 24.8 Å². The molecule has 0 saturated carbocycles. The van der Waals surface area contributed by atoms with E-state index in [0.717, 1.165) is 25.3 Å². The van der Waals surface area contributed by atoms with Gasteiger partial charge in [0.1, 0.15) is 5.82 Å². The molecule has 2 rings (SSSR count). The van der Waals surface area contributed by atoms with Crippen LogP contribution in [0.15, 0.2) is 17.0 Å². The molecule has 0 radical (unpaired) electrons. The molecule has 0 amide bonds. The van der Waals surface area contributed by atoms with E-state index >= 15 is 0 Å². The van der Waals surface area contributed by atoms with Gasteiger partial charge in [-0.3, -0.25) is 0 Å². The number of benzene rings is 1. The van der Waals surface area contributed by atoms with Gasteiger partial charge < -0.3 is 10.5 Å². The molecule has 21 heavy (non-hydrogen) atoms. The van der Waals surface area contributed by atoms with Crippen LogP contribution in [0, 0.1) is 12.7 Å². The average Bonchev–Trinajstić information content (AvgIpc) is 2.43. The molecule has 0 bridgehead atoms. The predicted molar refractivity (Wildman–Crippen MR) is 79.0 cm³/mol. The van der Waals surface area contributed by atoms with Crippen molar-refractivity contribution in [3.05, 3.63) is 23.5 Å². The standard InChI is InChI=1S/C14H21FN2O3S/c1-10-7-12(15)13(16)8-14(10)21(18,19)17(2)9-11-5-3-4-6-20-11/h7-8,11H,3-6,9,16H2,1-2H3. The van der Waals surface area contributed by atoms with Gasteiger partial charge >= 0.3 is 0 Å². The Hall–Kier alpha value is -1.18. The molecule has 118 valence electrons. The SMILES string of the molecule is Cc1cc(F)c(N)cc1S(=O)(=O)N(C)CC1CCCCO1. The molecular weight excluding hydrogens is 295 g/mol. The van der Waals surface area contributed by atoms with Crippen molar-refractivity contribution in [3.63, 3.8) is 0 Å². The van der Waals surface area contributed by atoms with Crippen molar-refractivity contribution in [2.75, 3.05) is 25.9 Å². The van der Waals surface area contributed by atoms with Crippen molar-refractivity contribution in [3.8, 4) is 0 Å². The Labute approximate surface area is 124 Å². The zero-order valence-corrected chi connectivity index (χ0v) is 13.1. The quantitative estimate of drug-likeness (QED) is 0.861. The van der Waals surface area contributed by atoms with Gasteiger partial charge in [-0.05, 0) is 43.9 Å². The Bertz CT molecular complexity index is 613. The van der Waals surface area contributed by atoms with E-state index in [2.05, 4.69) is 0 Å². The van der Waals surface area contributed by atoms with Crippen LogP contribution in [-0.2, 0) is 14.8 Å². The first kappa shape index (κ1) is 16.2. The van der Waals surface area contributed by atoms with Gasteiger partial charge in [-0.15, -0.1) is 0 Å². The summed E-state index contributed by atoms with van der Waals surface area (Å²) in [7, 11) is -2.20. The van der Waals surface area contributed by atoms with Crippen molar-refractivity contribution in [1.82, 2.24) is 4.31 Å². The van der Waals surface area contributed by atoms with Crippen molar-refractivity contribution in [1.29, 1.82) is 0 Å². The number of halogens is 1. The van der Waals surface area contributed by atoms with Gasteiger partial charge in [-0.2, -0.15) is 4.31 Å². The maximum Gasteiger partial charge on any atom is 0.243 e. The molecular formula is C14H21FN2O3S. The second-order valence-electron chi connectivity index (χ2n) is 5.41. The van der Waals surface area contributed by atoms with Crippen molar-refractivity contribution in [2.24, 2.45) is 0 Å². The van der Waals surface area contributed by atoms with Crippen LogP contribution in [-0.4, -0.2) is 39.0 Å². The number of nitrogen functional groups attached to an aromatic ring is 1. The van der Waals surface area contributed by atoms with Crippen molar-refractivity contribution < 1.29 is 17.5 Å². The largest absolute Gasteiger partial charge is 0.396 e. The van der Waals surface area contributed by atoms with E-state index in [-0.39, 0.29) is 16.7 Å². The third-order valence-corrected chi connectivity index (χ3v) is 5.68. The van der Waals surface area contributed by atoms with Crippen LogP contribution in [0.3, 0.4) is 0 Å². The van der Waals surface area contributed by atoms with E-state index in [1.165, 1.54) is 17.4 Å². The van der Waals surface area contributed by atoms with Crippen LogP contribution in [0.25, 0.3) is 0 Å². The lowest BCUT2D eigenvalue weighted by molar-refractivity contribution is 0.00858. The topological polar surface area (TPSA) is 72.6 Å². The number of nitrogens with zero attached hydrogens (tertiary/aromatic N) is 1. The maximum absolute atomic E-state index is 13.4. The lowest BCUT2D eigenvalue weighted by Crippen LogP contribution is -2.37. The number of likely N-dealkylation sites (N-methyl/N-ethyl adjacent to an activating group) is 1. The molecule has 1 atom stereocenters. The second-order valence-corrected chi connectivity index (χ2v) is 7.43. The van der Waals surface area contributed by atoms with Gasteiger partial charge in [-0.1, -0.05) is 0 Å². The Kier molecular flexibility index (Phi) is 4.85. The fraction of sp³-hybridized carbons (Fsp3) is 0.571. The van der Waals surface area contributed by atoms with Gasteiger partial charge in [0.15, 0.2) is 0 Å². The van der Waals surface area contributed by atoms with Gasteiger partial charge in [0.25, 0.3) is 0 Å².